The third-order valence-electron chi connectivity index (χ3n) is 5.68. The van der Waals surface area contributed by atoms with Crippen LogP contribution in [0.1, 0.15) is 30.1 Å². The van der Waals surface area contributed by atoms with Gasteiger partial charge in [-0.2, -0.15) is 0 Å². The first-order valence-corrected chi connectivity index (χ1v) is 11.7. The number of fused-ring (bicyclic) bond motifs is 1. The number of hydrogen-bond donors (Lipinski definition) is 0. The fraction of sp³-hybridized carbons (Fsp3) is 0.333. The monoisotopic (exact) mass is 469 g/mol. The first kappa shape index (κ1) is 22.8. The van der Waals surface area contributed by atoms with Crippen LogP contribution in [-0.4, -0.2) is 53.9 Å². The van der Waals surface area contributed by atoms with Crippen LogP contribution < -0.4 is 4.90 Å². The van der Waals surface area contributed by atoms with Gasteiger partial charge in [-0.3, -0.25) is 19.3 Å². The van der Waals surface area contributed by atoms with E-state index < -0.39 is 11.8 Å². The number of anilines is 1. The van der Waals surface area contributed by atoms with Gasteiger partial charge in [-0.05, 0) is 56.2 Å². The van der Waals surface area contributed by atoms with Crippen LogP contribution in [0.25, 0.3) is 10.2 Å². The molecular weight excluding hydrogens is 445 g/mol. The standard InChI is InChI=1S/C24H24FN3O4S/c1-2-28(24-26-19-5-3-4-6-20(19)33-24)21(29)15-32-23(31)17-11-13-27(14-12-17)22(30)16-7-9-18(25)10-8-16/h3-10,17H,2,11-15H2,1H3. The number of carbonyl (C=O) groups is 3. The number of rotatable bonds is 6. The van der Waals surface area contributed by atoms with E-state index in [1.165, 1.54) is 40.5 Å². The minimum absolute atomic E-state index is 0.189. The fourth-order valence-corrected chi connectivity index (χ4v) is 4.86. The van der Waals surface area contributed by atoms with Gasteiger partial charge in [0, 0.05) is 25.2 Å². The Bertz CT molecular complexity index is 1120. The number of hydrogen-bond acceptors (Lipinski definition) is 6. The predicted molar refractivity (Wildman–Crippen MR) is 124 cm³/mol. The molecule has 0 saturated carbocycles. The average molecular weight is 470 g/mol. The van der Waals surface area contributed by atoms with E-state index in [0.29, 0.717) is 43.2 Å². The summed E-state index contributed by atoms with van der Waals surface area (Å²) in [6, 6.07) is 13.1. The number of likely N-dealkylation sites (N-methyl/N-ethyl adjacent to an activating group) is 1. The summed E-state index contributed by atoms with van der Waals surface area (Å²) < 4.78 is 19.4. The predicted octanol–water partition coefficient (Wildman–Crippen LogP) is 3.88. The molecule has 4 rings (SSSR count). The quantitative estimate of drug-likeness (QED) is 0.512. The molecule has 172 valence electrons. The number of ether oxygens (including phenoxy) is 1. The molecule has 0 aliphatic carbocycles. The van der Waals surface area contributed by atoms with E-state index in [1.54, 1.807) is 4.90 Å². The molecule has 0 N–H and O–H groups in total. The SMILES string of the molecule is CCN(C(=O)COC(=O)C1CCN(C(=O)c2ccc(F)cc2)CC1)c1nc2ccccc2s1. The molecule has 0 spiro atoms. The molecule has 1 fully saturated rings. The van der Waals surface area contributed by atoms with Gasteiger partial charge in [-0.1, -0.05) is 23.5 Å². The lowest BCUT2D eigenvalue weighted by Gasteiger charge is -2.31. The average Bonchev–Trinajstić information content (AvgIpc) is 3.27. The number of likely N-dealkylation sites (tertiary alicyclic amines) is 1. The van der Waals surface area contributed by atoms with Crippen molar-refractivity contribution in [1.29, 1.82) is 0 Å². The van der Waals surface area contributed by atoms with Gasteiger partial charge < -0.3 is 9.64 Å². The third kappa shape index (κ3) is 5.19. The summed E-state index contributed by atoms with van der Waals surface area (Å²) in [5.41, 5.74) is 1.24. The number of nitrogens with zero attached hydrogens (tertiary/aromatic N) is 3. The molecule has 0 bridgehead atoms. The molecule has 2 heterocycles. The molecule has 1 saturated heterocycles. The highest BCUT2D eigenvalue weighted by atomic mass is 32.1. The van der Waals surface area contributed by atoms with Crippen LogP contribution in [0.3, 0.4) is 0 Å². The number of esters is 1. The number of para-hydroxylation sites is 1. The van der Waals surface area contributed by atoms with Crippen molar-refractivity contribution in [2.45, 2.75) is 19.8 Å². The minimum atomic E-state index is -0.433. The molecule has 1 aromatic heterocycles. The minimum Gasteiger partial charge on any atom is -0.455 e. The normalized spacial score (nSPS) is 14.3. The summed E-state index contributed by atoms with van der Waals surface area (Å²) >= 11 is 1.42. The second-order valence-electron chi connectivity index (χ2n) is 7.78. The lowest BCUT2D eigenvalue weighted by molar-refractivity contribution is -0.153. The summed E-state index contributed by atoms with van der Waals surface area (Å²) in [5, 5.41) is 0.576. The van der Waals surface area contributed by atoms with Crippen molar-refractivity contribution in [3.05, 3.63) is 59.9 Å². The molecular formula is C24H24FN3O4S. The largest absolute Gasteiger partial charge is 0.455 e. The zero-order valence-corrected chi connectivity index (χ0v) is 19.0. The molecule has 9 heteroatoms. The van der Waals surface area contributed by atoms with Crippen LogP contribution in [0.15, 0.2) is 48.5 Å². The molecule has 7 nitrogen and oxygen atoms in total. The van der Waals surface area contributed by atoms with Crippen LogP contribution in [0, 0.1) is 11.7 Å². The van der Waals surface area contributed by atoms with Crippen molar-refractivity contribution in [3.8, 4) is 0 Å². The Labute approximate surface area is 194 Å². The first-order valence-electron chi connectivity index (χ1n) is 10.8. The lowest BCUT2D eigenvalue weighted by Crippen LogP contribution is -2.41. The van der Waals surface area contributed by atoms with E-state index in [2.05, 4.69) is 4.98 Å². The maximum atomic E-state index is 13.1. The number of halogens is 1. The van der Waals surface area contributed by atoms with E-state index in [9.17, 15) is 18.8 Å². The molecule has 0 atom stereocenters. The van der Waals surface area contributed by atoms with Gasteiger partial charge in [-0.25, -0.2) is 9.37 Å². The number of piperidine rings is 1. The van der Waals surface area contributed by atoms with Crippen LogP contribution in [0.5, 0.6) is 0 Å². The van der Waals surface area contributed by atoms with Crippen LogP contribution >= 0.6 is 11.3 Å². The molecule has 1 aliphatic rings. The number of aromatic nitrogens is 1. The molecule has 33 heavy (non-hydrogen) atoms. The van der Waals surface area contributed by atoms with Gasteiger partial charge in [0.05, 0.1) is 16.1 Å². The summed E-state index contributed by atoms with van der Waals surface area (Å²) in [5.74, 6) is -1.71. The number of thiazole rings is 1. The molecule has 1 aliphatic heterocycles. The maximum Gasteiger partial charge on any atom is 0.309 e. The van der Waals surface area contributed by atoms with Gasteiger partial charge in [0.25, 0.3) is 11.8 Å². The Morgan fingerprint density at radius 2 is 1.82 bits per heavy atom. The Morgan fingerprint density at radius 3 is 2.48 bits per heavy atom. The Kier molecular flexibility index (Phi) is 6.98. The topological polar surface area (TPSA) is 79.8 Å². The van der Waals surface area contributed by atoms with Gasteiger partial charge in [0.1, 0.15) is 5.82 Å². The molecule has 0 unspecified atom stereocenters. The van der Waals surface area contributed by atoms with Crippen LogP contribution in [0.2, 0.25) is 0 Å². The van der Waals surface area contributed by atoms with E-state index in [4.69, 9.17) is 4.74 Å². The zero-order valence-electron chi connectivity index (χ0n) is 18.2. The van der Waals surface area contributed by atoms with Crippen LogP contribution in [-0.2, 0) is 14.3 Å². The van der Waals surface area contributed by atoms with E-state index in [0.717, 1.165) is 10.2 Å². The second kappa shape index (κ2) is 10.1. The number of carbonyl (C=O) groups excluding carboxylic acids is 3. The Morgan fingerprint density at radius 1 is 1.12 bits per heavy atom. The Hall–Kier alpha value is -3.33. The molecule has 2 amide bonds. The van der Waals surface area contributed by atoms with E-state index in [1.807, 2.05) is 31.2 Å². The van der Waals surface area contributed by atoms with Gasteiger partial charge in [0.2, 0.25) is 0 Å². The maximum absolute atomic E-state index is 13.1. The highest BCUT2D eigenvalue weighted by molar-refractivity contribution is 7.22. The number of amides is 2. The molecule has 2 aromatic carbocycles. The smallest absolute Gasteiger partial charge is 0.309 e. The van der Waals surface area contributed by atoms with Crippen molar-refractivity contribution < 1.29 is 23.5 Å². The van der Waals surface area contributed by atoms with Crippen molar-refractivity contribution in [1.82, 2.24) is 9.88 Å². The second-order valence-corrected chi connectivity index (χ2v) is 8.79. The summed E-state index contributed by atoms with van der Waals surface area (Å²) in [7, 11) is 0. The first-order chi connectivity index (χ1) is 16.0. The van der Waals surface area contributed by atoms with Gasteiger partial charge in [-0.15, -0.1) is 0 Å². The summed E-state index contributed by atoms with van der Waals surface area (Å²) in [6.07, 6.45) is 0.907. The van der Waals surface area contributed by atoms with E-state index in [-0.39, 0.29) is 24.3 Å². The van der Waals surface area contributed by atoms with Gasteiger partial charge in [0.15, 0.2) is 11.7 Å². The van der Waals surface area contributed by atoms with Crippen LogP contribution in [0.4, 0.5) is 9.52 Å². The Balaban J connectivity index is 1.28. The highest BCUT2D eigenvalue weighted by Crippen LogP contribution is 2.28. The van der Waals surface area contributed by atoms with Crippen molar-refractivity contribution in [2.75, 3.05) is 31.1 Å². The van der Waals surface area contributed by atoms with Crippen molar-refractivity contribution in [3.63, 3.8) is 0 Å². The molecule has 0 radical (unpaired) electrons. The highest BCUT2D eigenvalue weighted by Gasteiger charge is 2.30. The van der Waals surface area contributed by atoms with Gasteiger partial charge >= 0.3 is 5.97 Å². The summed E-state index contributed by atoms with van der Waals surface area (Å²) in [4.78, 5) is 45.4. The van der Waals surface area contributed by atoms with E-state index >= 15 is 0 Å². The van der Waals surface area contributed by atoms with Crippen molar-refractivity contribution >= 4 is 44.5 Å². The summed E-state index contributed by atoms with van der Waals surface area (Å²) in [6.45, 7) is 2.71. The number of benzene rings is 2. The van der Waals surface area contributed by atoms with Crippen molar-refractivity contribution in [2.24, 2.45) is 5.92 Å². The molecule has 3 aromatic rings. The zero-order chi connectivity index (χ0) is 23.4. The lowest BCUT2D eigenvalue weighted by atomic mass is 9.96. The fourth-order valence-electron chi connectivity index (χ4n) is 3.82. The third-order valence-corrected chi connectivity index (χ3v) is 6.73.